The zero-order chi connectivity index (χ0) is 14.4. The number of para-hydroxylation sites is 2. The smallest absolute Gasteiger partial charge is 0.238 e. The SMILES string of the molecule is CCOc1ccccc1NC(=O)CN1CCCC(O)C1. The van der Waals surface area contributed by atoms with Crippen LogP contribution >= 0.6 is 0 Å². The number of amides is 1. The Balaban J connectivity index is 1.91. The van der Waals surface area contributed by atoms with Crippen molar-refractivity contribution in [2.24, 2.45) is 0 Å². The van der Waals surface area contributed by atoms with E-state index < -0.39 is 0 Å². The van der Waals surface area contributed by atoms with E-state index >= 15 is 0 Å². The van der Waals surface area contributed by atoms with Crippen molar-refractivity contribution in [2.75, 3.05) is 31.6 Å². The minimum absolute atomic E-state index is 0.0775. The van der Waals surface area contributed by atoms with Crippen LogP contribution < -0.4 is 10.1 Å². The number of rotatable bonds is 5. The molecule has 0 aromatic heterocycles. The number of likely N-dealkylation sites (tertiary alicyclic amines) is 1. The van der Waals surface area contributed by atoms with E-state index in [9.17, 15) is 9.90 Å². The molecule has 0 bridgehead atoms. The Morgan fingerprint density at radius 1 is 1.50 bits per heavy atom. The average molecular weight is 278 g/mol. The molecule has 5 heteroatoms. The van der Waals surface area contributed by atoms with Gasteiger partial charge in [-0.25, -0.2) is 0 Å². The molecule has 0 radical (unpaired) electrons. The first-order chi connectivity index (χ1) is 9.69. The number of aliphatic hydroxyl groups excluding tert-OH is 1. The molecule has 0 saturated carbocycles. The van der Waals surface area contributed by atoms with Crippen LogP contribution in [-0.2, 0) is 4.79 Å². The van der Waals surface area contributed by atoms with E-state index in [0.717, 1.165) is 19.4 Å². The summed E-state index contributed by atoms with van der Waals surface area (Å²) >= 11 is 0. The van der Waals surface area contributed by atoms with E-state index in [2.05, 4.69) is 5.32 Å². The van der Waals surface area contributed by atoms with Gasteiger partial charge in [-0.05, 0) is 38.4 Å². The third-order valence-electron chi connectivity index (χ3n) is 3.31. The predicted molar refractivity (Wildman–Crippen MR) is 77.9 cm³/mol. The molecule has 0 spiro atoms. The van der Waals surface area contributed by atoms with E-state index in [-0.39, 0.29) is 12.0 Å². The lowest BCUT2D eigenvalue weighted by Crippen LogP contribution is -2.42. The zero-order valence-corrected chi connectivity index (χ0v) is 11.8. The zero-order valence-electron chi connectivity index (χ0n) is 11.8. The Morgan fingerprint density at radius 2 is 2.30 bits per heavy atom. The van der Waals surface area contributed by atoms with Crippen LogP contribution in [0.5, 0.6) is 5.75 Å². The van der Waals surface area contributed by atoms with Crippen molar-refractivity contribution in [3.05, 3.63) is 24.3 Å². The molecule has 1 unspecified atom stereocenters. The summed E-state index contributed by atoms with van der Waals surface area (Å²) in [6, 6.07) is 7.40. The van der Waals surface area contributed by atoms with Gasteiger partial charge in [0, 0.05) is 6.54 Å². The number of benzene rings is 1. The Morgan fingerprint density at radius 3 is 3.05 bits per heavy atom. The number of carbonyl (C=O) groups excluding carboxylic acids is 1. The number of anilines is 1. The summed E-state index contributed by atoms with van der Waals surface area (Å²) in [6.45, 7) is 4.20. The van der Waals surface area contributed by atoms with Crippen molar-refractivity contribution in [1.29, 1.82) is 0 Å². The molecule has 1 aromatic carbocycles. The van der Waals surface area contributed by atoms with E-state index in [4.69, 9.17) is 4.74 Å². The van der Waals surface area contributed by atoms with Gasteiger partial charge >= 0.3 is 0 Å². The summed E-state index contributed by atoms with van der Waals surface area (Å²) in [7, 11) is 0. The quantitative estimate of drug-likeness (QED) is 0.856. The molecule has 2 rings (SSSR count). The number of hydrogen-bond acceptors (Lipinski definition) is 4. The molecule has 110 valence electrons. The maximum Gasteiger partial charge on any atom is 0.238 e. The highest BCUT2D eigenvalue weighted by atomic mass is 16.5. The molecule has 1 fully saturated rings. The Labute approximate surface area is 119 Å². The van der Waals surface area contributed by atoms with E-state index in [1.807, 2.05) is 36.1 Å². The van der Waals surface area contributed by atoms with Gasteiger partial charge in [0.05, 0.1) is 24.9 Å². The third-order valence-corrected chi connectivity index (χ3v) is 3.31. The summed E-state index contributed by atoms with van der Waals surface area (Å²) in [4.78, 5) is 14.0. The molecule has 5 nitrogen and oxygen atoms in total. The van der Waals surface area contributed by atoms with Gasteiger partial charge in [0.15, 0.2) is 0 Å². The predicted octanol–water partition coefficient (Wildman–Crippen LogP) is 1.48. The number of carbonyl (C=O) groups is 1. The molecule has 1 aliphatic rings. The van der Waals surface area contributed by atoms with E-state index in [0.29, 0.717) is 31.1 Å². The average Bonchev–Trinajstić information content (AvgIpc) is 2.41. The monoisotopic (exact) mass is 278 g/mol. The van der Waals surface area contributed by atoms with Gasteiger partial charge in [-0.15, -0.1) is 0 Å². The van der Waals surface area contributed by atoms with Crippen molar-refractivity contribution >= 4 is 11.6 Å². The number of piperidine rings is 1. The molecule has 2 N–H and O–H groups in total. The number of aliphatic hydroxyl groups is 1. The van der Waals surface area contributed by atoms with Gasteiger partial charge in [-0.3, -0.25) is 9.69 Å². The number of β-amino-alcohol motifs (C(OH)–C–C–N with tert-alkyl or cyclic N) is 1. The van der Waals surface area contributed by atoms with E-state index in [1.165, 1.54) is 0 Å². The summed E-state index contributed by atoms with van der Waals surface area (Å²) < 4.78 is 5.48. The molecule has 1 aromatic rings. The molecule has 1 saturated heterocycles. The second-order valence-electron chi connectivity index (χ2n) is 5.01. The minimum Gasteiger partial charge on any atom is -0.492 e. The summed E-state index contributed by atoms with van der Waals surface area (Å²) in [6.07, 6.45) is 1.45. The van der Waals surface area contributed by atoms with Crippen LogP contribution in [0.3, 0.4) is 0 Å². The molecule has 1 aliphatic heterocycles. The Hall–Kier alpha value is -1.59. The second-order valence-corrected chi connectivity index (χ2v) is 5.01. The highest BCUT2D eigenvalue weighted by Gasteiger charge is 2.20. The maximum absolute atomic E-state index is 12.1. The number of nitrogens with zero attached hydrogens (tertiary/aromatic N) is 1. The first kappa shape index (κ1) is 14.8. The fourth-order valence-electron chi connectivity index (χ4n) is 2.42. The fraction of sp³-hybridized carbons (Fsp3) is 0.533. The summed E-state index contributed by atoms with van der Waals surface area (Å²) in [5.74, 6) is 0.605. The van der Waals surface area contributed by atoms with Crippen LogP contribution in [0.1, 0.15) is 19.8 Å². The van der Waals surface area contributed by atoms with Crippen LogP contribution in [0.2, 0.25) is 0 Å². The van der Waals surface area contributed by atoms with Crippen molar-refractivity contribution in [3.8, 4) is 5.75 Å². The van der Waals surface area contributed by atoms with Crippen molar-refractivity contribution in [2.45, 2.75) is 25.9 Å². The Bertz CT molecular complexity index is 450. The number of nitrogens with one attached hydrogen (secondary N) is 1. The largest absolute Gasteiger partial charge is 0.492 e. The minimum atomic E-state index is -0.313. The number of hydrogen-bond donors (Lipinski definition) is 2. The molecule has 20 heavy (non-hydrogen) atoms. The maximum atomic E-state index is 12.1. The molecule has 0 aliphatic carbocycles. The van der Waals surface area contributed by atoms with Crippen LogP contribution in [0, 0.1) is 0 Å². The standard InChI is InChI=1S/C15H22N2O3/c1-2-20-14-8-4-3-7-13(14)16-15(19)11-17-9-5-6-12(18)10-17/h3-4,7-8,12,18H,2,5-6,9-11H2,1H3,(H,16,19). The van der Waals surface area contributed by atoms with Gasteiger partial charge in [0.1, 0.15) is 5.75 Å². The highest BCUT2D eigenvalue weighted by molar-refractivity contribution is 5.93. The molecule has 1 atom stereocenters. The van der Waals surface area contributed by atoms with Gasteiger partial charge in [0.25, 0.3) is 0 Å². The van der Waals surface area contributed by atoms with Gasteiger partial charge < -0.3 is 15.2 Å². The lowest BCUT2D eigenvalue weighted by Gasteiger charge is -2.29. The highest BCUT2D eigenvalue weighted by Crippen LogP contribution is 2.23. The lowest BCUT2D eigenvalue weighted by atomic mass is 10.1. The van der Waals surface area contributed by atoms with Crippen LogP contribution in [0.25, 0.3) is 0 Å². The van der Waals surface area contributed by atoms with Crippen molar-refractivity contribution in [1.82, 2.24) is 4.90 Å². The van der Waals surface area contributed by atoms with Crippen LogP contribution in [0.15, 0.2) is 24.3 Å². The first-order valence-corrected chi connectivity index (χ1v) is 7.11. The summed E-state index contributed by atoms with van der Waals surface area (Å²) in [5.41, 5.74) is 0.692. The first-order valence-electron chi connectivity index (χ1n) is 7.11. The van der Waals surface area contributed by atoms with Gasteiger partial charge in [0.2, 0.25) is 5.91 Å². The summed E-state index contributed by atoms with van der Waals surface area (Å²) in [5, 5.41) is 12.5. The Kier molecular flexibility index (Phi) is 5.38. The normalized spacial score (nSPS) is 19.6. The topological polar surface area (TPSA) is 61.8 Å². The third kappa shape index (κ3) is 4.21. The van der Waals surface area contributed by atoms with Crippen molar-refractivity contribution < 1.29 is 14.6 Å². The van der Waals surface area contributed by atoms with Crippen LogP contribution in [0.4, 0.5) is 5.69 Å². The lowest BCUT2D eigenvalue weighted by molar-refractivity contribution is -0.118. The molecular formula is C15H22N2O3. The van der Waals surface area contributed by atoms with Crippen molar-refractivity contribution in [3.63, 3.8) is 0 Å². The van der Waals surface area contributed by atoms with E-state index in [1.54, 1.807) is 0 Å². The number of ether oxygens (including phenoxy) is 1. The molecule has 1 amide bonds. The van der Waals surface area contributed by atoms with Crippen LogP contribution in [-0.4, -0.2) is 48.3 Å². The van der Waals surface area contributed by atoms with Gasteiger partial charge in [-0.1, -0.05) is 12.1 Å². The second kappa shape index (κ2) is 7.26. The molecular weight excluding hydrogens is 256 g/mol. The van der Waals surface area contributed by atoms with Gasteiger partial charge in [-0.2, -0.15) is 0 Å². The fourth-order valence-corrected chi connectivity index (χ4v) is 2.42. The molecule has 1 heterocycles.